The lowest BCUT2D eigenvalue weighted by Gasteiger charge is -2.24. The number of fused-ring (bicyclic) bond motifs is 1. The molecule has 24 heavy (non-hydrogen) atoms. The molecule has 1 aliphatic heterocycles. The highest BCUT2D eigenvalue weighted by Crippen LogP contribution is 2.32. The smallest absolute Gasteiger partial charge is 0.226 e. The molecule has 120 valence electrons. The molecule has 1 aromatic heterocycles. The average molecular weight is 339 g/mol. The number of halogens is 1. The average Bonchev–Trinajstić information content (AvgIpc) is 3.10. The monoisotopic (exact) mass is 338 g/mol. The van der Waals surface area contributed by atoms with E-state index < -0.39 is 0 Å². The summed E-state index contributed by atoms with van der Waals surface area (Å²) in [6.45, 7) is 0. The number of nitrogens with one attached hydrogen (secondary N) is 1. The summed E-state index contributed by atoms with van der Waals surface area (Å²) in [5, 5.41) is 8.38. The van der Waals surface area contributed by atoms with Gasteiger partial charge in [0, 0.05) is 10.7 Å². The maximum atomic E-state index is 5.99. The van der Waals surface area contributed by atoms with E-state index in [0.717, 1.165) is 22.6 Å². The van der Waals surface area contributed by atoms with Crippen molar-refractivity contribution in [2.45, 2.75) is 6.04 Å². The summed E-state index contributed by atoms with van der Waals surface area (Å²) in [6.07, 6.45) is 3.68. The van der Waals surface area contributed by atoms with Crippen LogP contribution in [0.3, 0.4) is 0 Å². The van der Waals surface area contributed by atoms with Crippen molar-refractivity contribution in [3.8, 4) is 5.75 Å². The predicted molar refractivity (Wildman–Crippen MR) is 94.2 cm³/mol. The third-order valence-electron chi connectivity index (χ3n) is 4.02. The summed E-state index contributed by atoms with van der Waals surface area (Å²) < 4.78 is 7.10. The van der Waals surface area contributed by atoms with E-state index in [0.29, 0.717) is 11.0 Å². The van der Waals surface area contributed by atoms with Crippen LogP contribution in [0.1, 0.15) is 17.2 Å². The van der Waals surface area contributed by atoms with Crippen molar-refractivity contribution < 1.29 is 4.74 Å². The van der Waals surface area contributed by atoms with Crippen molar-refractivity contribution in [3.63, 3.8) is 0 Å². The van der Waals surface area contributed by atoms with E-state index in [1.807, 2.05) is 53.2 Å². The summed E-state index contributed by atoms with van der Waals surface area (Å²) >= 11 is 5.99. The molecule has 0 fully saturated rings. The molecule has 0 bridgehead atoms. The molecule has 0 spiro atoms. The molecule has 0 saturated heterocycles. The summed E-state index contributed by atoms with van der Waals surface area (Å²) in [7, 11) is 1.66. The number of aromatic nitrogens is 3. The SMILES string of the molecule is COc1ccc(C2C=C(c3ccc(Cl)cc3)Nc3ncnn32)cc1. The Hall–Kier alpha value is -2.79. The molecule has 1 atom stereocenters. The van der Waals surface area contributed by atoms with Gasteiger partial charge in [-0.05, 0) is 41.5 Å². The molecule has 1 N–H and O–H groups in total. The van der Waals surface area contributed by atoms with E-state index in [-0.39, 0.29) is 6.04 Å². The van der Waals surface area contributed by atoms with Gasteiger partial charge in [0.2, 0.25) is 5.95 Å². The molecule has 1 unspecified atom stereocenters. The number of hydrogen-bond acceptors (Lipinski definition) is 4. The highest BCUT2D eigenvalue weighted by Gasteiger charge is 2.23. The van der Waals surface area contributed by atoms with Crippen LogP contribution in [0.25, 0.3) is 5.70 Å². The molecule has 4 rings (SSSR count). The van der Waals surface area contributed by atoms with Crippen LogP contribution in [0.5, 0.6) is 5.75 Å². The zero-order chi connectivity index (χ0) is 16.5. The van der Waals surface area contributed by atoms with E-state index in [2.05, 4.69) is 21.5 Å². The second-order valence-corrected chi connectivity index (χ2v) is 5.89. The van der Waals surface area contributed by atoms with Gasteiger partial charge in [-0.3, -0.25) is 0 Å². The van der Waals surface area contributed by atoms with Crippen molar-refractivity contribution in [2.24, 2.45) is 0 Å². The first kappa shape index (κ1) is 14.8. The fraction of sp³-hybridized carbons (Fsp3) is 0.111. The first-order valence-corrected chi connectivity index (χ1v) is 7.90. The number of allylic oxidation sites excluding steroid dienone is 1. The molecule has 0 radical (unpaired) electrons. The largest absolute Gasteiger partial charge is 0.497 e. The molecule has 0 aliphatic carbocycles. The van der Waals surface area contributed by atoms with Crippen molar-refractivity contribution in [1.29, 1.82) is 0 Å². The molecule has 2 heterocycles. The van der Waals surface area contributed by atoms with Crippen molar-refractivity contribution in [2.75, 3.05) is 12.4 Å². The van der Waals surface area contributed by atoms with Crippen molar-refractivity contribution in [1.82, 2.24) is 14.8 Å². The summed E-state index contributed by atoms with van der Waals surface area (Å²) in [6, 6.07) is 15.7. The topological polar surface area (TPSA) is 52.0 Å². The number of benzene rings is 2. The van der Waals surface area contributed by atoms with Crippen LogP contribution < -0.4 is 10.1 Å². The van der Waals surface area contributed by atoms with Gasteiger partial charge in [-0.1, -0.05) is 35.9 Å². The molecular formula is C18H15ClN4O. The van der Waals surface area contributed by atoms with Crippen LogP contribution in [-0.4, -0.2) is 21.9 Å². The minimum absolute atomic E-state index is 0.0414. The molecule has 6 heteroatoms. The van der Waals surface area contributed by atoms with Crippen LogP contribution >= 0.6 is 11.6 Å². The van der Waals surface area contributed by atoms with Gasteiger partial charge >= 0.3 is 0 Å². The molecule has 3 aromatic rings. The fourth-order valence-electron chi connectivity index (χ4n) is 2.77. The summed E-state index contributed by atoms with van der Waals surface area (Å²) in [5.74, 6) is 1.54. The number of methoxy groups -OCH3 is 1. The molecule has 2 aromatic carbocycles. The minimum Gasteiger partial charge on any atom is -0.497 e. The second kappa shape index (κ2) is 6.02. The number of ether oxygens (including phenoxy) is 1. The normalized spacial score (nSPS) is 16.1. The lowest BCUT2D eigenvalue weighted by Crippen LogP contribution is -2.20. The second-order valence-electron chi connectivity index (χ2n) is 5.46. The van der Waals surface area contributed by atoms with Crippen molar-refractivity contribution >= 4 is 23.2 Å². The standard InChI is InChI=1S/C18H15ClN4O/c1-24-15-8-4-13(5-9-15)17-10-16(12-2-6-14(19)7-3-12)22-18-20-11-21-23(17)18/h2-11,17H,1H3,(H,20,21,22). The highest BCUT2D eigenvalue weighted by atomic mass is 35.5. The predicted octanol–water partition coefficient (Wildman–Crippen LogP) is 4.00. The Morgan fingerprint density at radius 1 is 1.08 bits per heavy atom. The van der Waals surface area contributed by atoms with E-state index in [4.69, 9.17) is 16.3 Å². The maximum Gasteiger partial charge on any atom is 0.226 e. The highest BCUT2D eigenvalue weighted by molar-refractivity contribution is 6.30. The van der Waals surface area contributed by atoms with E-state index in [9.17, 15) is 0 Å². The van der Waals surface area contributed by atoms with Gasteiger partial charge < -0.3 is 10.1 Å². The Balaban J connectivity index is 1.77. The van der Waals surface area contributed by atoms with E-state index in [1.54, 1.807) is 13.4 Å². The van der Waals surface area contributed by atoms with Crippen LogP contribution in [0.15, 0.2) is 60.9 Å². The Bertz CT molecular complexity index is 884. The number of nitrogens with zero attached hydrogens (tertiary/aromatic N) is 3. The molecule has 1 aliphatic rings. The number of anilines is 1. The first-order valence-electron chi connectivity index (χ1n) is 7.53. The molecule has 0 saturated carbocycles. The maximum absolute atomic E-state index is 5.99. The lowest BCUT2D eigenvalue weighted by atomic mass is 10.0. The summed E-state index contributed by atoms with van der Waals surface area (Å²) in [4.78, 5) is 4.31. The van der Waals surface area contributed by atoms with Crippen molar-refractivity contribution in [3.05, 3.63) is 77.1 Å². The van der Waals surface area contributed by atoms with Gasteiger partial charge in [-0.15, -0.1) is 0 Å². The van der Waals surface area contributed by atoms with Crippen LogP contribution in [-0.2, 0) is 0 Å². The minimum atomic E-state index is -0.0414. The fourth-order valence-corrected chi connectivity index (χ4v) is 2.90. The third kappa shape index (κ3) is 2.63. The lowest BCUT2D eigenvalue weighted by molar-refractivity contribution is 0.414. The van der Waals surface area contributed by atoms with Gasteiger partial charge in [-0.2, -0.15) is 10.1 Å². The zero-order valence-electron chi connectivity index (χ0n) is 13.0. The number of hydrogen-bond donors (Lipinski definition) is 1. The van der Waals surface area contributed by atoms with E-state index in [1.165, 1.54) is 0 Å². The molecular weight excluding hydrogens is 324 g/mol. The number of rotatable bonds is 3. The first-order chi connectivity index (χ1) is 11.7. The quantitative estimate of drug-likeness (QED) is 0.784. The Morgan fingerprint density at radius 2 is 1.83 bits per heavy atom. The van der Waals surface area contributed by atoms with Gasteiger partial charge in [0.15, 0.2) is 0 Å². The van der Waals surface area contributed by atoms with Crippen LogP contribution in [0.4, 0.5) is 5.95 Å². The Morgan fingerprint density at radius 3 is 2.54 bits per heavy atom. The molecule has 0 amide bonds. The third-order valence-corrected chi connectivity index (χ3v) is 4.27. The van der Waals surface area contributed by atoms with E-state index >= 15 is 0 Å². The van der Waals surface area contributed by atoms with Gasteiger partial charge in [0.25, 0.3) is 0 Å². The van der Waals surface area contributed by atoms with Gasteiger partial charge in [0.1, 0.15) is 18.1 Å². The Kier molecular flexibility index (Phi) is 3.70. The van der Waals surface area contributed by atoms with Crippen LogP contribution in [0.2, 0.25) is 5.02 Å². The molecule has 5 nitrogen and oxygen atoms in total. The van der Waals surface area contributed by atoms with Crippen LogP contribution in [0, 0.1) is 0 Å². The summed E-state index contributed by atoms with van der Waals surface area (Å²) in [5.41, 5.74) is 3.13. The Labute approximate surface area is 144 Å². The zero-order valence-corrected chi connectivity index (χ0v) is 13.7. The van der Waals surface area contributed by atoms with Gasteiger partial charge in [0.05, 0.1) is 7.11 Å². The van der Waals surface area contributed by atoms with Gasteiger partial charge in [-0.25, -0.2) is 4.68 Å².